The fourth-order valence-electron chi connectivity index (χ4n) is 1.94. The van der Waals surface area contributed by atoms with Crippen molar-refractivity contribution in [3.63, 3.8) is 0 Å². The molecule has 0 saturated carbocycles. The molecular formula is C13H23N3. The van der Waals surface area contributed by atoms with E-state index in [1.165, 1.54) is 24.8 Å². The number of hydrogen-bond acceptors (Lipinski definition) is 3. The second kappa shape index (κ2) is 6.59. The van der Waals surface area contributed by atoms with Crippen molar-refractivity contribution in [1.82, 2.24) is 15.5 Å². The lowest BCUT2D eigenvalue weighted by Gasteiger charge is -2.19. The summed E-state index contributed by atoms with van der Waals surface area (Å²) in [5, 5.41) is 11.8. The molecule has 1 aromatic rings. The highest BCUT2D eigenvalue weighted by atomic mass is 15.1. The maximum Gasteiger partial charge on any atom is 0.0648 e. The van der Waals surface area contributed by atoms with E-state index >= 15 is 0 Å². The van der Waals surface area contributed by atoms with Crippen molar-refractivity contribution in [1.29, 1.82) is 0 Å². The molecule has 0 radical (unpaired) electrons. The average molecular weight is 221 g/mol. The van der Waals surface area contributed by atoms with Crippen LogP contribution in [0.3, 0.4) is 0 Å². The van der Waals surface area contributed by atoms with E-state index in [1.54, 1.807) is 0 Å². The van der Waals surface area contributed by atoms with E-state index in [4.69, 9.17) is 0 Å². The molecule has 0 bridgehead atoms. The van der Waals surface area contributed by atoms with Crippen LogP contribution in [0.1, 0.15) is 56.1 Å². The van der Waals surface area contributed by atoms with Crippen LogP contribution in [0.4, 0.5) is 0 Å². The summed E-state index contributed by atoms with van der Waals surface area (Å²) in [7, 11) is 0. The van der Waals surface area contributed by atoms with Gasteiger partial charge >= 0.3 is 0 Å². The van der Waals surface area contributed by atoms with Crippen LogP contribution in [0.25, 0.3) is 0 Å². The van der Waals surface area contributed by atoms with Crippen LogP contribution in [0.15, 0.2) is 6.07 Å². The van der Waals surface area contributed by atoms with Gasteiger partial charge in [-0.3, -0.25) is 0 Å². The molecule has 0 aromatic carbocycles. The van der Waals surface area contributed by atoms with E-state index in [2.05, 4.69) is 35.4 Å². The predicted octanol–water partition coefficient (Wildman–Crippen LogP) is 2.93. The van der Waals surface area contributed by atoms with Gasteiger partial charge in [0.05, 0.1) is 11.4 Å². The Morgan fingerprint density at radius 2 is 2.00 bits per heavy atom. The van der Waals surface area contributed by atoms with Gasteiger partial charge in [0, 0.05) is 6.04 Å². The van der Waals surface area contributed by atoms with Crippen molar-refractivity contribution in [3.05, 3.63) is 23.0 Å². The van der Waals surface area contributed by atoms with Crippen molar-refractivity contribution in [3.8, 4) is 0 Å². The highest BCUT2D eigenvalue weighted by molar-refractivity contribution is 5.23. The van der Waals surface area contributed by atoms with Crippen LogP contribution in [0.2, 0.25) is 0 Å². The molecule has 0 saturated heterocycles. The van der Waals surface area contributed by atoms with Gasteiger partial charge < -0.3 is 5.32 Å². The van der Waals surface area contributed by atoms with Gasteiger partial charge in [-0.1, -0.05) is 26.7 Å². The fraction of sp³-hybridized carbons (Fsp3) is 0.692. The molecular weight excluding hydrogens is 198 g/mol. The van der Waals surface area contributed by atoms with Gasteiger partial charge in [-0.2, -0.15) is 10.2 Å². The Bertz CT molecular complexity index is 323. The first-order valence-electron chi connectivity index (χ1n) is 6.23. The first-order chi connectivity index (χ1) is 7.69. The summed E-state index contributed by atoms with van der Waals surface area (Å²) < 4.78 is 0. The van der Waals surface area contributed by atoms with Crippen LogP contribution >= 0.6 is 0 Å². The standard InChI is InChI=1S/C13H23N3/c1-5-7-8-13(14-6-2)12-9-10(3)15-16-11(12)4/h9,13-14H,5-8H2,1-4H3. The number of nitrogens with zero attached hydrogens (tertiary/aromatic N) is 2. The van der Waals surface area contributed by atoms with Gasteiger partial charge in [-0.05, 0) is 38.4 Å². The highest BCUT2D eigenvalue weighted by Crippen LogP contribution is 2.21. The Kier molecular flexibility index (Phi) is 5.39. The first-order valence-corrected chi connectivity index (χ1v) is 6.23. The Morgan fingerprint density at radius 3 is 2.62 bits per heavy atom. The summed E-state index contributed by atoms with van der Waals surface area (Å²) in [6.45, 7) is 9.41. The SMILES string of the molecule is CCCCC(NCC)c1cc(C)nnc1C. The van der Waals surface area contributed by atoms with Crippen molar-refractivity contribution in [2.24, 2.45) is 0 Å². The number of unbranched alkanes of at least 4 members (excludes halogenated alkanes) is 1. The first kappa shape index (κ1) is 13.1. The highest BCUT2D eigenvalue weighted by Gasteiger charge is 2.13. The van der Waals surface area contributed by atoms with Gasteiger partial charge in [0.1, 0.15) is 0 Å². The number of nitrogens with one attached hydrogen (secondary N) is 1. The predicted molar refractivity (Wildman–Crippen MR) is 67.4 cm³/mol. The van der Waals surface area contributed by atoms with E-state index in [1.807, 2.05) is 13.8 Å². The zero-order chi connectivity index (χ0) is 12.0. The molecule has 16 heavy (non-hydrogen) atoms. The van der Waals surface area contributed by atoms with E-state index in [-0.39, 0.29) is 0 Å². The summed E-state index contributed by atoms with van der Waals surface area (Å²) in [6.07, 6.45) is 3.66. The van der Waals surface area contributed by atoms with Gasteiger partial charge in [0.2, 0.25) is 0 Å². The van der Waals surface area contributed by atoms with Gasteiger partial charge in [-0.15, -0.1) is 0 Å². The number of aryl methyl sites for hydroxylation is 2. The Hall–Kier alpha value is -0.960. The number of hydrogen-bond donors (Lipinski definition) is 1. The third-order valence-corrected chi connectivity index (χ3v) is 2.81. The van der Waals surface area contributed by atoms with Crippen molar-refractivity contribution >= 4 is 0 Å². The molecule has 90 valence electrons. The molecule has 0 amide bonds. The van der Waals surface area contributed by atoms with Crippen LogP contribution < -0.4 is 5.32 Å². The summed E-state index contributed by atoms with van der Waals surface area (Å²) >= 11 is 0. The minimum atomic E-state index is 0.430. The molecule has 1 unspecified atom stereocenters. The zero-order valence-corrected chi connectivity index (χ0v) is 10.9. The van der Waals surface area contributed by atoms with E-state index in [0.717, 1.165) is 17.9 Å². The van der Waals surface area contributed by atoms with E-state index in [0.29, 0.717) is 6.04 Å². The van der Waals surface area contributed by atoms with Crippen LogP contribution in [-0.4, -0.2) is 16.7 Å². The number of aromatic nitrogens is 2. The average Bonchev–Trinajstić information content (AvgIpc) is 2.28. The van der Waals surface area contributed by atoms with Gasteiger partial charge in [0.25, 0.3) is 0 Å². The summed E-state index contributed by atoms with van der Waals surface area (Å²) in [5.41, 5.74) is 3.36. The van der Waals surface area contributed by atoms with E-state index < -0.39 is 0 Å². The third-order valence-electron chi connectivity index (χ3n) is 2.81. The fourth-order valence-corrected chi connectivity index (χ4v) is 1.94. The Morgan fingerprint density at radius 1 is 1.25 bits per heavy atom. The second-order valence-corrected chi connectivity index (χ2v) is 4.28. The van der Waals surface area contributed by atoms with Crippen molar-refractivity contribution < 1.29 is 0 Å². The third kappa shape index (κ3) is 3.56. The molecule has 3 heteroatoms. The largest absolute Gasteiger partial charge is 0.310 e. The Balaban J connectivity index is 2.85. The van der Waals surface area contributed by atoms with Crippen LogP contribution in [-0.2, 0) is 0 Å². The molecule has 1 N–H and O–H groups in total. The van der Waals surface area contributed by atoms with E-state index in [9.17, 15) is 0 Å². The number of rotatable bonds is 6. The summed E-state index contributed by atoms with van der Waals surface area (Å²) in [6, 6.07) is 2.59. The second-order valence-electron chi connectivity index (χ2n) is 4.28. The summed E-state index contributed by atoms with van der Waals surface area (Å²) in [5.74, 6) is 0. The Labute approximate surface area is 98.7 Å². The molecule has 1 aromatic heterocycles. The molecule has 1 rings (SSSR count). The molecule has 1 atom stereocenters. The normalized spacial score (nSPS) is 12.8. The molecule has 1 heterocycles. The molecule has 0 spiro atoms. The smallest absolute Gasteiger partial charge is 0.0648 e. The van der Waals surface area contributed by atoms with Gasteiger partial charge in [0.15, 0.2) is 0 Å². The summed E-state index contributed by atoms with van der Waals surface area (Å²) in [4.78, 5) is 0. The molecule has 0 aliphatic rings. The molecule has 0 aliphatic carbocycles. The molecule has 3 nitrogen and oxygen atoms in total. The van der Waals surface area contributed by atoms with Crippen LogP contribution in [0.5, 0.6) is 0 Å². The lowest BCUT2D eigenvalue weighted by Crippen LogP contribution is -2.22. The lowest BCUT2D eigenvalue weighted by molar-refractivity contribution is 0.489. The topological polar surface area (TPSA) is 37.8 Å². The van der Waals surface area contributed by atoms with Crippen molar-refractivity contribution in [2.75, 3.05) is 6.54 Å². The van der Waals surface area contributed by atoms with Gasteiger partial charge in [-0.25, -0.2) is 0 Å². The van der Waals surface area contributed by atoms with Crippen molar-refractivity contribution in [2.45, 2.75) is 53.0 Å². The zero-order valence-electron chi connectivity index (χ0n) is 10.9. The molecule has 0 fully saturated rings. The quantitative estimate of drug-likeness (QED) is 0.802. The monoisotopic (exact) mass is 221 g/mol. The lowest BCUT2D eigenvalue weighted by atomic mass is 10.00. The molecule has 0 aliphatic heterocycles. The van der Waals surface area contributed by atoms with Crippen LogP contribution in [0, 0.1) is 13.8 Å². The minimum absolute atomic E-state index is 0.430. The maximum absolute atomic E-state index is 4.20. The maximum atomic E-state index is 4.20. The minimum Gasteiger partial charge on any atom is -0.310 e.